The molecule has 4 aromatic rings. The Morgan fingerprint density at radius 1 is 1.10 bits per heavy atom. The topological polar surface area (TPSA) is 73.8 Å². The first kappa shape index (κ1) is 17.2. The van der Waals surface area contributed by atoms with Crippen molar-refractivity contribution in [1.82, 2.24) is 29.6 Å². The third-order valence-corrected chi connectivity index (χ3v) is 4.55. The van der Waals surface area contributed by atoms with Crippen LogP contribution >= 0.6 is 0 Å². The summed E-state index contributed by atoms with van der Waals surface area (Å²) < 4.78 is 33.5. The zero-order valence-corrected chi connectivity index (χ0v) is 15.2. The van der Waals surface area contributed by atoms with E-state index in [1.54, 1.807) is 54.6 Å². The molecule has 0 N–H and O–H groups in total. The molecule has 9 heteroatoms. The summed E-state index contributed by atoms with van der Waals surface area (Å²) in [6, 6.07) is 7.74. The summed E-state index contributed by atoms with van der Waals surface area (Å²) in [6.45, 7) is 0. The van der Waals surface area contributed by atoms with Crippen molar-refractivity contribution in [2.45, 2.75) is 5.92 Å². The van der Waals surface area contributed by atoms with Crippen LogP contribution in [0.3, 0.4) is 0 Å². The molecule has 1 aromatic carbocycles. The molecule has 0 radical (unpaired) electrons. The highest BCUT2D eigenvalue weighted by molar-refractivity contribution is 6.08. The zero-order valence-electron chi connectivity index (χ0n) is 15.2. The smallest absolute Gasteiger partial charge is 0.275 e. The summed E-state index contributed by atoms with van der Waals surface area (Å²) in [5.41, 5.74) is 4.41. The largest absolute Gasteiger partial charge is 0.333 e. The number of alkyl halides is 2. The molecule has 3 aromatic heterocycles. The van der Waals surface area contributed by atoms with Gasteiger partial charge < -0.3 is 0 Å². The van der Waals surface area contributed by atoms with E-state index in [-0.39, 0.29) is 11.4 Å². The molecule has 0 amide bonds. The van der Waals surface area contributed by atoms with Crippen LogP contribution in [0.25, 0.3) is 17.0 Å². The Morgan fingerprint density at radius 2 is 2.00 bits per heavy atom. The molecule has 1 aliphatic heterocycles. The second-order valence-corrected chi connectivity index (χ2v) is 6.52. The summed E-state index contributed by atoms with van der Waals surface area (Å²) in [5, 5.41) is 16.7. The van der Waals surface area contributed by atoms with Gasteiger partial charge in [0.1, 0.15) is 5.71 Å². The maximum absolute atomic E-state index is 15.4. The Morgan fingerprint density at radius 3 is 2.83 bits per heavy atom. The Balaban J connectivity index is 1.64. The van der Waals surface area contributed by atoms with Gasteiger partial charge in [-0.25, -0.2) is 0 Å². The summed E-state index contributed by atoms with van der Waals surface area (Å²) in [4.78, 5) is 4.17. The van der Waals surface area contributed by atoms with E-state index < -0.39 is 11.7 Å². The SMILES string of the molecule is Cn1cc(C2=Nn3c(nnc3C(F)(F)c3ccc4ncccc4c3)C=C=C2)cn1. The van der Waals surface area contributed by atoms with E-state index in [1.807, 2.05) is 0 Å². The predicted molar refractivity (Wildman–Crippen MR) is 102 cm³/mol. The molecule has 0 bridgehead atoms. The van der Waals surface area contributed by atoms with Crippen molar-refractivity contribution in [2.24, 2.45) is 12.1 Å². The second kappa shape index (κ2) is 6.29. The maximum atomic E-state index is 15.4. The number of pyridine rings is 1. The van der Waals surface area contributed by atoms with Gasteiger partial charge in [0.25, 0.3) is 0 Å². The summed E-state index contributed by atoms with van der Waals surface area (Å²) >= 11 is 0. The van der Waals surface area contributed by atoms with Crippen molar-refractivity contribution in [3.05, 3.63) is 83.5 Å². The van der Waals surface area contributed by atoms with Gasteiger partial charge in [-0.05, 0) is 18.2 Å². The molecule has 4 heterocycles. The van der Waals surface area contributed by atoms with Gasteiger partial charge in [-0.15, -0.1) is 15.9 Å². The van der Waals surface area contributed by atoms with E-state index in [1.165, 1.54) is 18.2 Å². The van der Waals surface area contributed by atoms with E-state index in [4.69, 9.17) is 0 Å². The monoisotopic (exact) mass is 389 g/mol. The predicted octanol–water partition coefficient (Wildman–Crippen LogP) is 3.13. The number of fused-ring (bicyclic) bond motifs is 2. The summed E-state index contributed by atoms with van der Waals surface area (Å²) in [6.07, 6.45) is 8.01. The molecular weight excluding hydrogens is 376 g/mol. The first-order valence-corrected chi connectivity index (χ1v) is 8.72. The van der Waals surface area contributed by atoms with Gasteiger partial charge in [0.2, 0.25) is 5.82 Å². The molecule has 142 valence electrons. The molecule has 29 heavy (non-hydrogen) atoms. The molecule has 0 saturated carbocycles. The molecule has 0 atom stereocenters. The van der Waals surface area contributed by atoms with Crippen molar-refractivity contribution in [1.29, 1.82) is 0 Å². The van der Waals surface area contributed by atoms with Crippen molar-refractivity contribution in [2.75, 3.05) is 0 Å². The highest BCUT2D eigenvalue weighted by Gasteiger charge is 2.41. The number of aryl methyl sites for hydroxylation is 1. The van der Waals surface area contributed by atoms with Gasteiger partial charge in [0.05, 0.1) is 11.7 Å². The summed E-state index contributed by atoms with van der Waals surface area (Å²) in [7, 11) is 1.76. The van der Waals surface area contributed by atoms with Crippen molar-refractivity contribution >= 4 is 22.7 Å². The van der Waals surface area contributed by atoms with Crippen LogP contribution < -0.4 is 0 Å². The quantitative estimate of drug-likeness (QED) is 0.505. The van der Waals surface area contributed by atoms with E-state index in [9.17, 15) is 0 Å². The number of nitrogens with zero attached hydrogens (tertiary/aromatic N) is 7. The van der Waals surface area contributed by atoms with Crippen LogP contribution in [0.5, 0.6) is 0 Å². The number of aromatic nitrogens is 6. The molecular formula is C20H13F2N7. The van der Waals surface area contributed by atoms with Crippen LogP contribution in [-0.4, -0.2) is 35.3 Å². The highest BCUT2D eigenvalue weighted by atomic mass is 19.3. The number of hydrogen-bond acceptors (Lipinski definition) is 5. The Labute approximate surface area is 163 Å². The van der Waals surface area contributed by atoms with Crippen LogP contribution in [0.1, 0.15) is 22.8 Å². The minimum Gasteiger partial charge on any atom is -0.275 e. The van der Waals surface area contributed by atoms with E-state index >= 15 is 8.78 Å². The lowest BCUT2D eigenvalue weighted by Gasteiger charge is -2.16. The van der Waals surface area contributed by atoms with Crippen LogP contribution in [0.15, 0.2) is 65.8 Å². The number of halogens is 2. The highest BCUT2D eigenvalue weighted by Crippen LogP contribution is 2.36. The van der Waals surface area contributed by atoms with E-state index in [0.717, 1.165) is 4.68 Å². The van der Waals surface area contributed by atoms with E-state index in [2.05, 4.69) is 31.1 Å². The number of benzene rings is 1. The van der Waals surface area contributed by atoms with Crippen molar-refractivity contribution in [3.8, 4) is 0 Å². The van der Waals surface area contributed by atoms with Gasteiger partial charge in [-0.3, -0.25) is 9.67 Å². The Hall–Kier alpha value is -3.97. The van der Waals surface area contributed by atoms with Crippen LogP contribution in [0.4, 0.5) is 8.78 Å². The first-order valence-electron chi connectivity index (χ1n) is 8.72. The van der Waals surface area contributed by atoms with Gasteiger partial charge in [-0.2, -0.15) is 23.7 Å². The standard InChI is InChI=1S/C20H13F2N7/c1-28-12-14(11-24-28)17-5-2-6-18-25-26-19(29(18)27-17)20(21,22)15-7-8-16-13(10-15)4-3-9-23-16/h3-12H,1H3. The normalized spacial score (nSPS) is 13.4. The zero-order chi connectivity index (χ0) is 20.0. The fourth-order valence-corrected chi connectivity index (χ4v) is 3.10. The number of allylic oxidation sites excluding steroid dienone is 1. The molecule has 0 spiro atoms. The number of hydrogen-bond donors (Lipinski definition) is 0. The lowest BCUT2D eigenvalue weighted by atomic mass is 10.0. The van der Waals surface area contributed by atoms with Gasteiger partial charge in [0.15, 0.2) is 5.82 Å². The molecule has 0 unspecified atom stereocenters. The molecule has 0 fully saturated rings. The van der Waals surface area contributed by atoms with Crippen molar-refractivity contribution in [3.63, 3.8) is 0 Å². The third kappa shape index (κ3) is 2.84. The molecule has 7 nitrogen and oxygen atoms in total. The minimum atomic E-state index is -3.42. The average Bonchev–Trinajstić information content (AvgIpc) is 3.28. The third-order valence-electron chi connectivity index (χ3n) is 4.55. The molecule has 5 rings (SSSR count). The lowest BCUT2D eigenvalue weighted by Crippen LogP contribution is -2.21. The summed E-state index contributed by atoms with van der Waals surface area (Å²) in [5.74, 6) is -3.83. The van der Waals surface area contributed by atoms with Gasteiger partial charge in [-0.1, -0.05) is 12.1 Å². The lowest BCUT2D eigenvalue weighted by molar-refractivity contribution is 0.0294. The first-order chi connectivity index (χ1) is 14.0. The van der Waals surface area contributed by atoms with Crippen molar-refractivity contribution < 1.29 is 8.78 Å². The average molecular weight is 389 g/mol. The number of rotatable bonds is 3. The molecule has 0 saturated heterocycles. The van der Waals surface area contributed by atoms with Crippen LogP contribution in [0, 0.1) is 0 Å². The minimum absolute atomic E-state index is 0.164. The fraction of sp³-hybridized carbons (Fsp3) is 0.100. The second-order valence-electron chi connectivity index (χ2n) is 6.52. The fourth-order valence-electron chi connectivity index (χ4n) is 3.10. The van der Waals surface area contributed by atoms with Crippen LogP contribution in [-0.2, 0) is 13.0 Å². The molecule has 0 aliphatic carbocycles. The van der Waals surface area contributed by atoms with Gasteiger partial charge >= 0.3 is 5.92 Å². The maximum Gasteiger partial charge on any atom is 0.333 e. The molecule has 1 aliphatic rings. The Kier molecular flexibility index (Phi) is 3.72. The van der Waals surface area contributed by atoms with Crippen LogP contribution in [0.2, 0.25) is 0 Å². The van der Waals surface area contributed by atoms with Gasteiger partial charge in [0, 0.05) is 48.1 Å². The Bertz CT molecular complexity index is 1340. The van der Waals surface area contributed by atoms with E-state index in [0.29, 0.717) is 22.2 Å².